The van der Waals surface area contributed by atoms with E-state index in [1.807, 2.05) is 7.05 Å². The number of nitrogens with one attached hydrogen (secondary N) is 1. The van der Waals surface area contributed by atoms with Crippen LogP contribution in [0.25, 0.3) is 0 Å². The number of benzene rings is 1. The first-order chi connectivity index (χ1) is 13.2. The summed E-state index contributed by atoms with van der Waals surface area (Å²) in [5.41, 5.74) is 2.65. The highest BCUT2D eigenvalue weighted by Gasteiger charge is 2.24. The molecule has 0 radical (unpaired) electrons. The van der Waals surface area contributed by atoms with E-state index in [9.17, 15) is 0 Å². The van der Waals surface area contributed by atoms with Crippen LogP contribution in [-0.2, 0) is 22.6 Å². The van der Waals surface area contributed by atoms with Crippen LogP contribution in [0, 0.1) is 5.92 Å². The van der Waals surface area contributed by atoms with Crippen LogP contribution >= 0.6 is 0 Å². The van der Waals surface area contributed by atoms with Crippen LogP contribution in [0.2, 0.25) is 0 Å². The fraction of sp³-hybridized carbons (Fsp3) is 0.667. The average Bonchev–Trinajstić information content (AvgIpc) is 3.11. The summed E-state index contributed by atoms with van der Waals surface area (Å²) in [4.78, 5) is 9.28. The van der Waals surface area contributed by atoms with Crippen molar-refractivity contribution in [3.8, 4) is 0 Å². The number of guanidine groups is 1. The molecule has 1 aromatic rings. The Morgan fingerprint density at radius 2 is 2.15 bits per heavy atom. The predicted molar refractivity (Wildman–Crippen MR) is 109 cm³/mol. The SMILES string of the molecule is CN=C(NCc1cccc(CN2CCOC(C)C2)c1)N1CCC(COC)C1. The molecule has 6 nitrogen and oxygen atoms in total. The number of methoxy groups -OCH3 is 1. The maximum Gasteiger partial charge on any atom is 0.193 e. The lowest BCUT2D eigenvalue weighted by molar-refractivity contribution is -0.0212. The van der Waals surface area contributed by atoms with E-state index < -0.39 is 0 Å². The third-order valence-electron chi connectivity index (χ3n) is 5.37. The molecule has 1 N–H and O–H groups in total. The van der Waals surface area contributed by atoms with Crippen LogP contribution in [0.1, 0.15) is 24.5 Å². The highest BCUT2D eigenvalue weighted by molar-refractivity contribution is 5.80. The molecule has 2 fully saturated rings. The quantitative estimate of drug-likeness (QED) is 0.609. The molecule has 3 rings (SSSR count). The maximum atomic E-state index is 5.64. The van der Waals surface area contributed by atoms with Crippen molar-refractivity contribution in [2.24, 2.45) is 10.9 Å². The fourth-order valence-corrected chi connectivity index (χ4v) is 4.04. The van der Waals surface area contributed by atoms with Crippen molar-refractivity contribution < 1.29 is 9.47 Å². The van der Waals surface area contributed by atoms with E-state index in [0.29, 0.717) is 12.0 Å². The van der Waals surface area contributed by atoms with E-state index in [-0.39, 0.29) is 0 Å². The van der Waals surface area contributed by atoms with Crippen LogP contribution < -0.4 is 5.32 Å². The Kier molecular flexibility index (Phi) is 7.50. The predicted octanol–water partition coefficient (Wildman–Crippen LogP) is 1.95. The minimum absolute atomic E-state index is 0.328. The zero-order chi connectivity index (χ0) is 19.1. The van der Waals surface area contributed by atoms with E-state index in [4.69, 9.17) is 9.47 Å². The van der Waals surface area contributed by atoms with Gasteiger partial charge in [0.15, 0.2) is 5.96 Å². The van der Waals surface area contributed by atoms with Crippen LogP contribution in [0.5, 0.6) is 0 Å². The van der Waals surface area contributed by atoms with Gasteiger partial charge in [0, 0.05) is 59.3 Å². The molecule has 0 aliphatic carbocycles. The Labute approximate surface area is 163 Å². The number of rotatable bonds is 6. The standard InChI is InChI=1S/C21H34N4O2/c1-17-13-24(9-10-27-17)14-19-6-4-5-18(11-19)12-23-21(22-2)25-8-7-20(15-25)16-26-3/h4-6,11,17,20H,7-10,12-16H2,1-3H3,(H,22,23). The smallest absolute Gasteiger partial charge is 0.193 e. The molecule has 27 heavy (non-hydrogen) atoms. The van der Waals surface area contributed by atoms with Gasteiger partial charge in [-0.15, -0.1) is 0 Å². The van der Waals surface area contributed by atoms with Crippen molar-refractivity contribution in [3.63, 3.8) is 0 Å². The van der Waals surface area contributed by atoms with Crippen LogP contribution in [0.3, 0.4) is 0 Å². The molecule has 2 unspecified atom stereocenters. The zero-order valence-electron chi connectivity index (χ0n) is 17.0. The lowest BCUT2D eigenvalue weighted by Crippen LogP contribution is -2.40. The molecule has 2 aliphatic heterocycles. The Hall–Kier alpha value is -1.63. The average molecular weight is 375 g/mol. The molecule has 150 valence electrons. The maximum absolute atomic E-state index is 5.64. The number of morpholine rings is 1. The fourth-order valence-electron chi connectivity index (χ4n) is 4.04. The van der Waals surface area contributed by atoms with Crippen molar-refractivity contribution in [1.29, 1.82) is 0 Å². The Morgan fingerprint density at radius 3 is 2.93 bits per heavy atom. The monoisotopic (exact) mass is 374 g/mol. The van der Waals surface area contributed by atoms with Gasteiger partial charge in [-0.2, -0.15) is 0 Å². The summed E-state index contributed by atoms with van der Waals surface area (Å²) in [6.45, 7) is 9.67. The summed E-state index contributed by atoms with van der Waals surface area (Å²) >= 11 is 0. The Bertz CT molecular complexity index is 622. The van der Waals surface area contributed by atoms with Gasteiger partial charge in [-0.05, 0) is 24.5 Å². The van der Waals surface area contributed by atoms with Crippen molar-refractivity contribution in [1.82, 2.24) is 15.1 Å². The molecule has 0 aromatic heterocycles. The van der Waals surface area contributed by atoms with Crippen molar-refractivity contribution in [2.45, 2.75) is 32.5 Å². The molecule has 2 atom stereocenters. The first kappa shape index (κ1) is 20.1. The number of aliphatic imine (C=N–C) groups is 1. The lowest BCUT2D eigenvalue weighted by atomic mass is 10.1. The van der Waals surface area contributed by atoms with E-state index >= 15 is 0 Å². The van der Waals surface area contributed by atoms with Gasteiger partial charge in [-0.25, -0.2) is 0 Å². The van der Waals surface area contributed by atoms with Crippen molar-refractivity contribution in [2.75, 3.05) is 53.6 Å². The summed E-state index contributed by atoms with van der Waals surface area (Å²) in [6.07, 6.45) is 1.50. The first-order valence-electron chi connectivity index (χ1n) is 10.0. The van der Waals surface area contributed by atoms with E-state index in [0.717, 1.165) is 58.4 Å². The summed E-state index contributed by atoms with van der Waals surface area (Å²) in [6, 6.07) is 8.86. The first-order valence-corrected chi connectivity index (χ1v) is 10.0. The number of nitrogens with zero attached hydrogens (tertiary/aromatic N) is 3. The minimum Gasteiger partial charge on any atom is -0.384 e. The summed E-state index contributed by atoms with van der Waals surface area (Å²) < 4.78 is 10.9. The number of likely N-dealkylation sites (tertiary alicyclic amines) is 1. The molecule has 0 amide bonds. The minimum atomic E-state index is 0.328. The molecule has 6 heteroatoms. The second kappa shape index (κ2) is 10.1. The normalized spacial score (nSPS) is 24.4. The molecule has 2 saturated heterocycles. The Morgan fingerprint density at radius 1 is 1.30 bits per heavy atom. The molecule has 0 saturated carbocycles. The highest BCUT2D eigenvalue weighted by atomic mass is 16.5. The van der Waals surface area contributed by atoms with Crippen LogP contribution in [-0.4, -0.2) is 75.4 Å². The molecular formula is C21H34N4O2. The topological polar surface area (TPSA) is 49.3 Å². The number of ether oxygens (including phenoxy) is 2. The van der Waals surface area contributed by atoms with Gasteiger partial charge in [0.2, 0.25) is 0 Å². The molecular weight excluding hydrogens is 340 g/mol. The van der Waals surface area contributed by atoms with Gasteiger partial charge in [0.25, 0.3) is 0 Å². The van der Waals surface area contributed by atoms with Crippen LogP contribution in [0.4, 0.5) is 0 Å². The van der Waals surface area contributed by atoms with Gasteiger partial charge in [-0.3, -0.25) is 9.89 Å². The zero-order valence-corrected chi connectivity index (χ0v) is 17.0. The Balaban J connectivity index is 1.51. The van der Waals surface area contributed by atoms with Gasteiger partial charge >= 0.3 is 0 Å². The van der Waals surface area contributed by atoms with Gasteiger partial charge in [-0.1, -0.05) is 24.3 Å². The third kappa shape index (κ3) is 5.92. The second-order valence-corrected chi connectivity index (χ2v) is 7.69. The van der Waals surface area contributed by atoms with Crippen molar-refractivity contribution in [3.05, 3.63) is 35.4 Å². The number of hydrogen-bond donors (Lipinski definition) is 1. The van der Waals surface area contributed by atoms with Gasteiger partial charge in [0.1, 0.15) is 0 Å². The van der Waals surface area contributed by atoms with E-state index in [1.165, 1.54) is 17.5 Å². The summed E-state index contributed by atoms with van der Waals surface area (Å²) in [5, 5.41) is 3.53. The highest BCUT2D eigenvalue weighted by Crippen LogP contribution is 2.17. The molecule has 2 heterocycles. The molecule has 1 aromatic carbocycles. The van der Waals surface area contributed by atoms with Gasteiger partial charge < -0.3 is 19.7 Å². The lowest BCUT2D eigenvalue weighted by Gasteiger charge is -2.31. The molecule has 2 aliphatic rings. The molecule has 0 spiro atoms. The second-order valence-electron chi connectivity index (χ2n) is 7.69. The summed E-state index contributed by atoms with van der Waals surface area (Å²) in [5.74, 6) is 1.59. The van der Waals surface area contributed by atoms with Gasteiger partial charge in [0.05, 0.1) is 19.3 Å². The number of hydrogen-bond acceptors (Lipinski definition) is 4. The third-order valence-corrected chi connectivity index (χ3v) is 5.37. The summed E-state index contributed by atoms with van der Waals surface area (Å²) in [7, 11) is 3.64. The van der Waals surface area contributed by atoms with E-state index in [1.54, 1.807) is 7.11 Å². The van der Waals surface area contributed by atoms with Crippen LogP contribution in [0.15, 0.2) is 29.3 Å². The molecule has 0 bridgehead atoms. The van der Waals surface area contributed by atoms with Crippen molar-refractivity contribution >= 4 is 5.96 Å². The van der Waals surface area contributed by atoms with E-state index in [2.05, 4.69) is 51.3 Å². The largest absolute Gasteiger partial charge is 0.384 e.